The van der Waals surface area contributed by atoms with Crippen LogP contribution in [0.3, 0.4) is 0 Å². The van der Waals surface area contributed by atoms with Crippen molar-refractivity contribution in [2.75, 3.05) is 7.11 Å². The topological polar surface area (TPSA) is 46.5 Å². The Morgan fingerprint density at radius 1 is 1.56 bits per heavy atom. The number of hydrogen-bond donors (Lipinski definition) is 1. The second-order valence-corrected chi connectivity index (χ2v) is 4.99. The van der Waals surface area contributed by atoms with Gasteiger partial charge in [0, 0.05) is 4.83 Å². The van der Waals surface area contributed by atoms with Crippen molar-refractivity contribution in [2.45, 2.75) is 24.6 Å². The van der Waals surface area contributed by atoms with Crippen LogP contribution in [0.25, 0.3) is 0 Å². The van der Waals surface area contributed by atoms with Crippen LogP contribution in [0.4, 0.5) is 0 Å². The van der Waals surface area contributed by atoms with Gasteiger partial charge in [-0.15, -0.1) is 0 Å². The first-order valence-corrected chi connectivity index (χ1v) is 5.94. The molecule has 0 bridgehead atoms. The molecule has 0 heterocycles. The van der Waals surface area contributed by atoms with Crippen molar-refractivity contribution in [1.29, 1.82) is 0 Å². The fourth-order valence-electron chi connectivity index (χ4n) is 1.52. The van der Waals surface area contributed by atoms with Crippen molar-refractivity contribution >= 4 is 21.9 Å². The van der Waals surface area contributed by atoms with Gasteiger partial charge in [-0.3, -0.25) is 4.79 Å². The predicted molar refractivity (Wildman–Crippen MR) is 66.4 cm³/mol. The molecule has 0 spiro atoms. The molecule has 88 valence electrons. The number of methoxy groups -OCH3 is 1. The molecule has 1 rings (SSSR count). The number of ether oxygens (including phenoxy) is 1. The summed E-state index contributed by atoms with van der Waals surface area (Å²) in [6.45, 7) is 2.00. The highest BCUT2D eigenvalue weighted by molar-refractivity contribution is 9.09. The zero-order valence-electron chi connectivity index (χ0n) is 9.37. The maximum atomic E-state index is 10.5. The summed E-state index contributed by atoms with van der Waals surface area (Å²) >= 11 is 3.37. The second-order valence-electron chi connectivity index (χ2n) is 3.69. The van der Waals surface area contributed by atoms with Gasteiger partial charge in [-0.1, -0.05) is 22.0 Å². The molecule has 0 aliphatic rings. The molecular formula is C12H15BrO3. The van der Waals surface area contributed by atoms with E-state index in [1.807, 2.05) is 25.1 Å². The monoisotopic (exact) mass is 286 g/mol. The average molecular weight is 287 g/mol. The van der Waals surface area contributed by atoms with Crippen LogP contribution in [0.5, 0.6) is 5.75 Å². The van der Waals surface area contributed by atoms with E-state index in [0.717, 1.165) is 16.9 Å². The Bertz CT molecular complexity index is 377. The minimum Gasteiger partial charge on any atom is -0.497 e. The number of aryl methyl sites for hydroxylation is 1. The van der Waals surface area contributed by atoms with Crippen molar-refractivity contribution in [1.82, 2.24) is 0 Å². The van der Waals surface area contributed by atoms with E-state index in [2.05, 4.69) is 15.9 Å². The quantitative estimate of drug-likeness (QED) is 0.847. The molecule has 0 fully saturated rings. The predicted octanol–water partition coefficient (Wildman–Crippen LogP) is 2.78. The van der Waals surface area contributed by atoms with E-state index >= 15 is 0 Å². The lowest BCUT2D eigenvalue weighted by molar-refractivity contribution is -0.136. The van der Waals surface area contributed by atoms with Crippen molar-refractivity contribution in [3.63, 3.8) is 0 Å². The molecule has 1 atom stereocenters. The van der Waals surface area contributed by atoms with E-state index in [1.54, 1.807) is 7.11 Å². The highest BCUT2D eigenvalue weighted by Gasteiger charge is 2.11. The third-order valence-corrected chi connectivity index (χ3v) is 3.03. The summed E-state index contributed by atoms with van der Waals surface area (Å²) in [6, 6.07) is 5.82. The van der Waals surface area contributed by atoms with Gasteiger partial charge in [-0.25, -0.2) is 0 Å². The molecule has 0 aliphatic carbocycles. The third kappa shape index (κ3) is 3.85. The molecule has 3 nitrogen and oxygen atoms in total. The lowest BCUT2D eigenvalue weighted by Crippen LogP contribution is -2.10. The fraction of sp³-hybridized carbons (Fsp3) is 0.417. The summed E-state index contributed by atoms with van der Waals surface area (Å²) in [5.74, 6) is 0.0404. The molecule has 1 aromatic carbocycles. The Morgan fingerprint density at radius 3 is 2.75 bits per heavy atom. The van der Waals surface area contributed by atoms with E-state index < -0.39 is 5.97 Å². The molecule has 0 saturated carbocycles. The SMILES string of the molecule is COc1ccc(CC(Br)CC(=O)O)c(C)c1. The van der Waals surface area contributed by atoms with Crippen LogP contribution >= 0.6 is 15.9 Å². The largest absolute Gasteiger partial charge is 0.497 e. The smallest absolute Gasteiger partial charge is 0.304 e. The zero-order valence-corrected chi connectivity index (χ0v) is 11.0. The first-order chi connectivity index (χ1) is 7.52. The van der Waals surface area contributed by atoms with Gasteiger partial charge in [0.25, 0.3) is 0 Å². The van der Waals surface area contributed by atoms with Gasteiger partial charge in [0.05, 0.1) is 13.5 Å². The number of benzene rings is 1. The average Bonchev–Trinajstić information content (AvgIpc) is 2.19. The van der Waals surface area contributed by atoms with E-state index in [4.69, 9.17) is 9.84 Å². The highest BCUT2D eigenvalue weighted by Crippen LogP contribution is 2.21. The molecule has 0 saturated heterocycles. The highest BCUT2D eigenvalue weighted by atomic mass is 79.9. The number of carbonyl (C=O) groups is 1. The van der Waals surface area contributed by atoms with E-state index in [1.165, 1.54) is 0 Å². The van der Waals surface area contributed by atoms with Crippen molar-refractivity contribution in [3.05, 3.63) is 29.3 Å². The molecular weight excluding hydrogens is 272 g/mol. The molecule has 1 N–H and O–H groups in total. The summed E-state index contributed by atoms with van der Waals surface area (Å²) in [7, 11) is 1.63. The van der Waals surface area contributed by atoms with Crippen LogP contribution in [-0.2, 0) is 11.2 Å². The Hall–Kier alpha value is -1.03. The Morgan fingerprint density at radius 2 is 2.25 bits per heavy atom. The van der Waals surface area contributed by atoms with Crippen LogP contribution in [-0.4, -0.2) is 23.0 Å². The van der Waals surface area contributed by atoms with E-state index in [0.29, 0.717) is 6.42 Å². The van der Waals surface area contributed by atoms with E-state index in [-0.39, 0.29) is 11.2 Å². The maximum Gasteiger partial charge on any atom is 0.304 e. The second kappa shape index (κ2) is 5.89. The van der Waals surface area contributed by atoms with Gasteiger partial charge < -0.3 is 9.84 Å². The Balaban J connectivity index is 2.70. The van der Waals surface area contributed by atoms with Gasteiger partial charge in [0.15, 0.2) is 0 Å². The molecule has 0 aromatic heterocycles. The summed E-state index contributed by atoms with van der Waals surface area (Å²) in [4.78, 5) is 10.5. The molecule has 0 aliphatic heterocycles. The maximum absolute atomic E-state index is 10.5. The molecule has 0 amide bonds. The number of halogens is 1. The minimum absolute atomic E-state index is 0.0305. The van der Waals surface area contributed by atoms with Gasteiger partial charge in [-0.05, 0) is 36.6 Å². The summed E-state index contributed by atoms with van der Waals surface area (Å²) in [5, 5.41) is 8.66. The van der Waals surface area contributed by atoms with Crippen LogP contribution in [0.1, 0.15) is 17.5 Å². The number of hydrogen-bond acceptors (Lipinski definition) is 2. The van der Waals surface area contributed by atoms with E-state index in [9.17, 15) is 4.79 Å². The Kier molecular flexibility index (Phi) is 4.80. The molecule has 0 radical (unpaired) electrons. The summed E-state index contributed by atoms with van der Waals surface area (Å²) in [5.41, 5.74) is 2.26. The molecule has 1 aromatic rings. The standard InChI is InChI=1S/C12H15BrO3/c1-8-5-11(16-2)4-3-9(8)6-10(13)7-12(14)15/h3-5,10H,6-7H2,1-2H3,(H,14,15). The minimum atomic E-state index is -0.784. The number of rotatable bonds is 5. The number of alkyl halides is 1. The molecule has 1 unspecified atom stereocenters. The summed E-state index contributed by atoms with van der Waals surface area (Å²) < 4.78 is 5.11. The van der Waals surface area contributed by atoms with Crippen LogP contribution < -0.4 is 4.74 Å². The first kappa shape index (κ1) is 13.0. The van der Waals surface area contributed by atoms with Crippen LogP contribution in [0.15, 0.2) is 18.2 Å². The number of aliphatic carboxylic acids is 1. The van der Waals surface area contributed by atoms with Gasteiger partial charge >= 0.3 is 5.97 Å². The van der Waals surface area contributed by atoms with Crippen molar-refractivity contribution < 1.29 is 14.6 Å². The van der Waals surface area contributed by atoms with Gasteiger partial charge in [-0.2, -0.15) is 0 Å². The van der Waals surface area contributed by atoms with Crippen molar-refractivity contribution in [3.8, 4) is 5.75 Å². The lowest BCUT2D eigenvalue weighted by Gasteiger charge is -2.11. The Labute approximate surface area is 104 Å². The molecule has 4 heteroatoms. The molecule has 16 heavy (non-hydrogen) atoms. The normalized spacial score (nSPS) is 12.2. The summed E-state index contributed by atoms with van der Waals surface area (Å²) in [6.07, 6.45) is 0.841. The zero-order chi connectivity index (χ0) is 12.1. The number of carboxylic acids is 1. The fourth-order valence-corrected chi connectivity index (χ4v) is 2.15. The third-order valence-electron chi connectivity index (χ3n) is 2.39. The number of carboxylic acid groups (broad SMARTS) is 1. The van der Waals surface area contributed by atoms with Gasteiger partial charge in [0.1, 0.15) is 5.75 Å². The van der Waals surface area contributed by atoms with Crippen molar-refractivity contribution in [2.24, 2.45) is 0 Å². The first-order valence-electron chi connectivity index (χ1n) is 5.02. The van der Waals surface area contributed by atoms with Crippen LogP contribution in [0, 0.1) is 6.92 Å². The van der Waals surface area contributed by atoms with Gasteiger partial charge in [0.2, 0.25) is 0 Å². The lowest BCUT2D eigenvalue weighted by atomic mass is 10.0. The van der Waals surface area contributed by atoms with Crippen LogP contribution in [0.2, 0.25) is 0 Å².